The highest BCUT2D eigenvalue weighted by molar-refractivity contribution is 6.19. The minimum atomic E-state index is -1.43. The minimum Gasteiger partial charge on any atom is -0.511 e. The second kappa shape index (κ2) is 11.7. The molecule has 2 rings (SSSR count). The van der Waals surface area contributed by atoms with Crippen molar-refractivity contribution in [2.24, 2.45) is 16.7 Å². The number of rotatable bonds is 12. The number of Topliss-reactive ketones (excluding diaryl/α,β-unsaturated/α-hetero) is 3. The Labute approximate surface area is 220 Å². The number of benzene rings is 1. The zero-order valence-electron chi connectivity index (χ0n) is 23.4. The van der Waals surface area contributed by atoms with Crippen LogP contribution in [0.1, 0.15) is 122 Å². The van der Waals surface area contributed by atoms with Crippen LogP contribution in [0, 0.1) is 16.7 Å². The van der Waals surface area contributed by atoms with Crippen LogP contribution in [-0.2, 0) is 9.59 Å². The number of ketones is 3. The molecule has 0 spiro atoms. The standard InChI is InChI=1S/C30H44O7/c1-8-9-10-11-12-13-14-19(31)24-21(33)16-20(32)22(25(24)34)18(15-17(2)3)23-26(35)29(4,5)28(37)30(6,7)27(23)36/h16-18,32-35H,8-15H2,1-7H3/t18-/m1/s1. The molecule has 1 aromatic carbocycles. The number of aromatic hydroxyl groups is 3. The van der Waals surface area contributed by atoms with Gasteiger partial charge < -0.3 is 20.4 Å². The highest BCUT2D eigenvalue weighted by Gasteiger charge is 2.55. The summed E-state index contributed by atoms with van der Waals surface area (Å²) in [6.07, 6.45) is 6.14. The lowest BCUT2D eigenvalue weighted by atomic mass is 9.60. The number of phenols is 3. The number of hydrogen-bond acceptors (Lipinski definition) is 7. The van der Waals surface area contributed by atoms with Gasteiger partial charge in [0.05, 0.1) is 10.8 Å². The van der Waals surface area contributed by atoms with Crippen LogP contribution in [0.4, 0.5) is 0 Å². The Morgan fingerprint density at radius 1 is 0.865 bits per heavy atom. The summed E-state index contributed by atoms with van der Waals surface area (Å²) in [5.74, 6) is -4.55. The molecule has 0 fully saturated rings. The maximum Gasteiger partial charge on any atom is 0.175 e. The molecule has 0 aliphatic heterocycles. The maximum atomic E-state index is 13.6. The Balaban J connectivity index is 2.62. The van der Waals surface area contributed by atoms with Crippen LogP contribution < -0.4 is 0 Å². The van der Waals surface area contributed by atoms with Gasteiger partial charge in [-0.2, -0.15) is 0 Å². The molecule has 0 radical (unpaired) electrons. The monoisotopic (exact) mass is 516 g/mol. The summed E-state index contributed by atoms with van der Waals surface area (Å²) in [6.45, 7) is 12.0. The molecule has 0 bridgehead atoms. The second-order valence-corrected chi connectivity index (χ2v) is 11.8. The molecule has 37 heavy (non-hydrogen) atoms. The first-order chi connectivity index (χ1) is 17.1. The van der Waals surface area contributed by atoms with E-state index >= 15 is 0 Å². The van der Waals surface area contributed by atoms with Crippen LogP contribution in [-0.4, -0.2) is 37.8 Å². The number of unbranched alkanes of at least 4 members (excludes halogenated alkanes) is 5. The Hall–Kier alpha value is -2.83. The third kappa shape index (κ3) is 6.02. The minimum absolute atomic E-state index is 0.0446. The molecule has 7 heteroatoms. The number of aliphatic hydroxyl groups is 1. The zero-order chi connectivity index (χ0) is 28.3. The van der Waals surface area contributed by atoms with Crippen molar-refractivity contribution >= 4 is 17.3 Å². The number of carbonyl (C=O) groups excluding carboxylic acids is 3. The van der Waals surface area contributed by atoms with E-state index < -0.39 is 57.1 Å². The first kappa shape index (κ1) is 30.4. The first-order valence-electron chi connectivity index (χ1n) is 13.4. The molecular formula is C30H44O7. The van der Waals surface area contributed by atoms with Crippen LogP contribution in [0.25, 0.3) is 0 Å². The number of phenolic OH excluding ortho intramolecular Hbond substituents is 3. The SMILES string of the molecule is CCCCCCCCC(=O)c1c(O)cc(O)c([C@@H](CC(C)C)C2=C(O)C(C)(C)C(=O)C(C)(C)C2=O)c1O. The molecule has 0 saturated heterocycles. The van der Waals surface area contributed by atoms with Crippen molar-refractivity contribution in [1.29, 1.82) is 0 Å². The van der Waals surface area contributed by atoms with E-state index in [-0.39, 0.29) is 35.5 Å². The van der Waals surface area contributed by atoms with Crippen LogP contribution >= 0.6 is 0 Å². The Morgan fingerprint density at radius 2 is 1.43 bits per heavy atom. The molecule has 4 N–H and O–H groups in total. The number of hydrogen-bond donors (Lipinski definition) is 4. The van der Waals surface area contributed by atoms with E-state index in [1.807, 2.05) is 13.8 Å². The molecule has 206 valence electrons. The Bertz CT molecular complexity index is 1080. The van der Waals surface area contributed by atoms with Gasteiger partial charge in [0.2, 0.25) is 0 Å². The Kier molecular flexibility index (Phi) is 9.61. The second-order valence-electron chi connectivity index (χ2n) is 11.8. The van der Waals surface area contributed by atoms with E-state index in [2.05, 4.69) is 6.92 Å². The lowest BCUT2D eigenvalue weighted by Crippen LogP contribution is -2.49. The van der Waals surface area contributed by atoms with Gasteiger partial charge in [-0.3, -0.25) is 14.4 Å². The van der Waals surface area contributed by atoms with Gasteiger partial charge in [0.25, 0.3) is 0 Å². The highest BCUT2D eigenvalue weighted by Crippen LogP contribution is 2.52. The fraction of sp³-hybridized carbons (Fsp3) is 0.633. The van der Waals surface area contributed by atoms with Crippen molar-refractivity contribution < 1.29 is 34.8 Å². The fourth-order valence-corrected chi connectivity index (χ4v) is 5.41. The van der Waals surface area contributed by atoms with Gasteiger partial charge in [-0.15, -0.1) is 0 Å². The molecule has 1 aliphatic rings. The van der Waals surface area contributed by atoms with Crippen LogP contribution in [0.5, 0.6) is 17.2 Å². The summed E-state index contributed by atoms with van der Waals surface area (Å²) >= 11 is 0. The van der Waals surface area contributed by atoms with Crippen molar-refractivity contribution in [1.82, 2.24) is 0 Å². The molecule has 1 atom stereocenters. The lowest BCUT2D eigenvalue weighted by molar-refractivity contribution is -0.144. The molecule has 0 unspecified atom stereocenters. The molecule has 7 nitrogen and oxygen atoms in total. The third-order valence-corrected chi connectivity index (χ3v) is 7.53. The molecule has 1 aliphatic carbocycles. The number of allylic oxidation sites excluding steroid dienone is 2. The molecule has 0 amide bonds. The van der Waals surface area contributed by atoms with Crippen LogP contribution in [0.3, 0.4) is 0 Å². The van der Waals surface area contributed by atoms with Gasteiger partial charge >= 0.3 is 0 Å². The lowest BCUT2D eigenvalue weighted by Gasteiger charge is -2.41. The van der Waals surface area contributed by atoms with Gasteiger partial charge in [-0.1, -0.05) is 52.9 Å². The number of aliphatic hydroxyl groups excluding tert-OH is 1. The van der Waals surface area contributed by atoms with Gasteiger partial charge in [0.1, 0.15) is 28.6 Å². The molecule has 0 heterocycles. The summed E-state index contributed by atoms with van der Waals surface area (Å²) in [6, 6.07) is 1.00. The van der Waals surface area contributed by atoms with Gasteiger partial charge in [0.15, 0.2) is 17.3 Å². The van der Waals surface area contributed by atoms with Crippen LogP contribution in [0.15, 0.2) is 17.4 Å². The molecule has 0 aromatic heterocycles. The quantitative estimate of drug-likeness (QED) is 0.135. The summed E-state index contributed by atoms with van der Waals surface area (Å²) < 4.78 is 0. The van der Waals surface area contributed by atoms with E-state index in [0.29, 0.717) is 6.42 Å². The molecule has 1 aromatic rings. The van der Waals surface area contributed by atoms with E-state index in [0.717, 1.165) is 38.2 Å². The van der Waals surface area contributed by atoms with Crippen molar-refractivity contribution in [3.05, 3.63) is 28.5 Å². The maximum absolute atomic E-state index is 13.6. The van der Waals surface area contributed by atoms with Gasteiger partial charge in [0, 0.05) is 29.5 Å². The smallest absolute Gasteiger partial charge is 0.175 e. The zero-order valence-corrected chi connectivity index (χ0v) is 23.4. The average Bonchev–Trinajstić information content (AvgIpc) is 2.79. The van der Waals surface area contributed by atoms with E-state index in [9.17, 15) is 34.8 Å². The van der Waals surface area contributed by atoms with Gasteiger partial charge in [-0.05, 0) is 46.5 Å². The summed E-state index contributed by atoms with van der Waals surface area (Å²) in [4.78, 5) is 39.7. The fourth-order valence-electron chi connectivity index (χ4n) is 5.41. The molecular weight excluding hydrogens is 472 g/mol. The Morgan fingerprint density at radius 3 is 2.00 bits per heavy atom. The van der Waals surface area contributed by atoms with Crippen molar-refractivity contribution in [3.8, 4) is 17.2 Å². The van der Waals surface area contributed by atoms with Crippen molar-refractivity contribution in [3.63, 3.8) is 0 Å². The van der Waals surface area contributed by atoms with E-state index in [1.54, 1.807) is 0 Å². The van der Waals surface area contributed by atoms with Crippen LogP contribution in [0.2, 0.25) is 0 Å². The summed E-state index contributed by atoms with van der Waals surface area (Å²) in [5, 5.41) is 43.8. The average molecular weight is 517 g/mol. The largest absolute Gasteiger partial charge is 0.511 e. The van der Waals surface area contributed by atoms with E-state index in [4.69, 9.17) is 0 Å². The first-order valence-corrected chi connectivity index (χ1v) is 13.4. The summed E-state index contributed by atoms with van der Waals surface area (Å²) in [5.41, 5.74) is -3.25. The van der Waals surface area contributed by atoms with E-state index in [1.165, 1.54) is 27.7 Å². The predicted octanol–water partition coefficient (Wildman–Crippen LogP) is 6.88. The van der Waals surface area contributed by atoms with Crippen molar-refractivity contribution in [2.75, 3.05) is 0 Å². The highest BCUT2D eigenvalue weighted by atomic mass is 16.3. The van der Waals surface area contributed by atoms with Crippen molar-refractivity contribution in [2.45, 2.75) is 106 Å². The predicted molar refractivity (Wildman–Crippen MR) is 143 cm³/mol. The third-order valence-electron chi connectivity index (χ3n) is 7.53. The normalized spacial score (nSPS) is 17.9. The number of carbonyl (C=O) groups is 3. The molecule has 0 saturated carbocycles. The summed E-state index contributed by atoms with van der Waals surface area (Å²) in [7, 11) is 0. The topological polar surface area (TPSA) is 132 Å². The van der Waals surface area contributed by atoms with Gasteiger partial charge in [-0.25, -0.2) is 0 Å².